The summed E-state index contributed by atoms with van der Waals surface area (Å²) in [6.07, 6.45) is 1.13. The molecule has 5 atom stereocenters. The van der Waals surface area contributed by atoms with Gasteiger partial charge in [0.15, 0.2) is 0 Å². The Morgan fingerprint density at radius 1 is 1.43 bits per heavy atom. The van der Waals surface area contributed by atoms with Crippen LogP contribution in [0.1, 0.15) is 13.3 Å². The molecule has 2 aliphatic heterocycles. The molecule has 6 heteroatoms. The Kier molecular flexibility index (Phi) is 4.27. The molecule has 0 radical (unpaired) electrons. The van der Waals surface area contributed by atoms with Crippen LogP contribution in [0.2, 0.25) is 0 Å². The number of hydrogen-bond acceptors (Lipinski definition) is 5. The molecule has 118 valence electrons. The molecular weight excluding hydrogens is 387 g/mol. The second-order valence-corrected chi connectivity index (χ2v) is 11.7. The maximum atomic E-state index is 11.9. The average molecular weight is 408 g/mol. The van der Waals surface area contributed by atoms with Crippen LogP contribution in [0.25, 0.3) is 0 Å². The number of rotatable bonds is 4. The van der Waals surface area contributed by atoms with E-state index in [2.05, 4.69) is 6.58 Å². The zero-order valence-electron chi connectivity index (χ0n) is 12.3. The summed E-state index contributed by atoms with van der Waals surface area (Å²) in [5.74, 6) is 1.04. The molecule has 0 amide bonds. The number of ether oxygens (including phenoxy) is 3. The predicted octanol–water partition coefficient (Wildman–Crippen LogP) is 1.98. The van der Waals surface area contributed by atoms with Crippen LogP contribution in [0, 0.1) is 23.7 Å². The number of carbonyl (C=O) groups excluding carboxylic acids is 2. The van der Waals surface area contributed by atoms with Crippen LogP contribution in [0.15, 0.2) is 12.2 Å². The van der Waals surface area contributed by atoms with Crippen molar-refractivity contribution < 1.29 is 23.8 Å². The van der Waals surface area contributed by atoms with E-state index >= 15 is 0 Å². The Balaban J connectivity index is 1.69. The van der Waals surface area contributed by atoms with Gasteiger partial charge in [-0.3, -0.25) is 0 Å². The summed E-state index contributed by atoms with van der Waals surface area (Å²) >= 11 is -1.59. The van der Waals surface area contributed by atoms with Crippen LogP contribution in [-0.2, 0) is 23.8 Å². The van der Waals surface area contributed by atoms with Crippen molar-refractivity contribution in [2.75, 3.05) is 22.6 Å². The van der Waals surface area contributed by atoms with Crippen molar-refractivity contribution in [2.45, 2.75) is 17.6 Å². The molecular formula is C15H21IO5. The van der Waals surface area contributed by atoms with Gasteiger partial charge in [-0.2, -0.15) is 0 Å². The summed E-state index contributed by atoms with van der Waals surface area (Å²) in [5.41, 5.74) is 0.397. The summed E-state index contributed by atoms with van der Waals surface area (Å²) in [6.45, 7) is 5.84. The second-order valence-electron chi connectivity index (χ2n) is 6.08. The van der Waals surface area contributed by atoms with Gasteiger partial charge in [0.05, 0.1) is 0 Å². The van der Waals surface area contributed by atoms with Crippen LogP contribution >= 0.6 is 19.8 Å². The topological polar surface area (TPSA) is 61.8 Å². The molecule has 21 heavy (non-hydrogen) atoms. The number of methoxy groups -OCH3 is 1. The first kappa shape index (κ1) is 15.3. The summed E-state index contributed by atoms with van der Waals surface area (Å²) in [4.78, 5) is 23.6. The molecule has 3 rings (SSSR count). The van der Waals surface area contributed by atoms with Crippen molar-refractivity contribution >= 4 is 31.8 Å². The van der Waals surface area contributed by atoms with E-state index in [1.807, 2.05) is 0 Å². The molecule has 0 aromatic rings. The molecule has 2 saturated heterocycles. The molecule has 3 fully saturated rings. The molecule has 0 N–H and O–H groups in total. The molecule has 5 unspecified atom stereocenters. The molecule has 2 bridgehead atoms. The van der Waals surface area contributed by atoms with Gasteiger partial charge in [0, 0.05) is 0 Å². The van der Waals surface area contributed by atoms with Crippen molar-refractivity contribution in [2.24, 2.45) is 23.7 Å². The van der Waals surface area contributed by atoms with Crippen molar-refractivity contribution in [3.8, 4) is 0 Å². The third-order valence-electron chi connectivity index (χ3n) is 4.65. The van der Waals surface area contributed by atoms with Gasteiger partial charge < -0.3 is 0 Å². The van der Waals surface area contributed by atoms with Gasteiger partial charge in [0.1, 0.15) is 0 Å². The third-order valence-corrected chi connectivity index (χ3v) is 11.4. The fourth-order valence-electron chi connectivity index (χ4n) is 3.71. The van der Waals surface area contributed by atoms with E-state index in [1.54, 1.807) is 14.0 Å². The number of alkyl halides is 3. The standard InChI is InChI=1S/C15H21IO5/c1-8(2)13(17)21-15(19-3)16-5-9-4-10(6-16)12-11(9)7-20-14(12)18/h9-12,15H,1,4-7H2,2-3H3. The second kappa shape index (κ2) is 5.87. The van der Waals surface area contributed by atoms with Crippen LogP contribution in [0.4, 0.5) is 0 Å². The number of fused-ring (bicyclic) bond motifs is 5. The number of hydrogen-bond donors (Lipinski definition) is 0. The Bertz CT molecular complexity index is 477. The minimum atomic E-state index is -1.59. The molecule has 2 heterocycles. The SMILES string of the molecule is C=C(C)C(=O)OC(OC)I1CC2CC(C1)C1C(=O)OCC21. The number of halogens is 1. The van der Waals surface area contributed by atoms with E-state index in [0.717, 1.165) is 15.3 Å². The van der Waals surface area contributed by atoms with E-state index in [9.17, 15) is 9.59 Å². The van der Waals surface area contributed by atoms with Crippen LogP contribution in [0.5, 0.6) is 0 Å². The van der Waals surface area contributed by atoms with Crippen molar-refractivity contribution in [1.82, 2.24) is 0 Å². The number of esters is 2. The summed E-state index contributed by atoms with van der Waals surface area (Å²) in [5, 5.41) is 0. The van der Waals surface area contributed by atoms with Crippen molar-refractivity contribution in [1.29, 1.82) is 0 Å². The molecule has 0 aromatic heterocycles. The quantitative estimate of drug-likeness (QED) is 0.234. The van der Waals surface area contributed by atoms with Gasteiger partial charge >= 0.3 is 132 Å². The first-order valence-corrected chi connectivity index (χ1v) is 11.5. The fourth-order valence-corrected chi connectivity index (χ4v) is 11.0. The third kappa shape index (κ3) is 2.72. The molecule has 0 spiro atoms. The Labute approximate surface area is 131 Å². The summed E-state index contributed by atoms with van der Waals surface area (Å²) < 4.78 is 17.9. The van der Waals surface area contributed by atoms with E-state index in [4.69, 9.17) is 14.2 Å². The minimum absolute atomic E-state index is 0.0156. The summed E-state index contributed by atoms with van der Waals surface area (Å²) in [6, 6.07) is 0. The monoisotopic (exact) mass is 408 g/mol. The zero-order valence-corrected chi connectivity index (χ0v) is 14.5. The van der Waals surface area contributed by atoms with Crippen LogP contribution in [-0.4, -0.2) is 38.8 Å². The molecule has 1 saturated carbocycles. The normalized spacial score (nSPS) is 36.9. The maximum absolute atomic E-state index is 11.9. The first-order chi connectivity index (χ1) is 10.0. The number of cyclic esters (lactones) is 1. The predicted molar refractivity (Wildman–Crippen MR) is 85.0 cm³/mol. The van der Waals surface area contributed by atoms with Gasteiger partial charge in [-0.25, -0.2) is 0 Å². The van der Waals surface area contributed by atoms with E-state index in [-0.39, 0.29) is 17.9 Å². The fraction of sp³-hybridized carbons (Fsp3) is 0.733. The zero-order chi connectivity index (χ0) is 15.1. The van der Waals surface area contributed by atoms with Gasteiger partial charge in [0.2, 0.25) is 0 Å². The van der Waals surface area contributed by atoms with Crippen molar-refractivity contribution in [3.05, 3.63) is 12.2 Å². The molecule has 3 aliphatic rings. The average Bonchev–Trinajstić information content (AvgIpc) is 2.96. The van der Waals surface area contributed by atoms with Crippen LogP contribution in [0.3, 0.4) is 0 Å². The van der Waals surface area contributed by atoms with E-state index < -0.39 is 24.1 Å². The Hall–Kier alpha value is -0.630. The Morgan fingerprint density at radius 3 is 2.81 bits per heavy atom. The van der Waals surface area contributed by atoms with Crippen molar-refractivity contribution in [3.63, 3.8) is 0 Å². The molecule has 0 aromatic carbocycles. The van der Waals surface area contributed by atoms with Gasteiger partial charge in [0.25, 0.3) is 0 Å². The summed E-state index contributed by atoms with van der Waals surface area (Å²) in [7, 11) is 1.60. The number of carbonyl (C=O) groups is 2. The van der Waals surface area contributed by atoms with Gasteiger partial charge in [-0.15, -0.1) is 0 Å². The van der Waals surface area contributed by atoms with Gasteiger partial charge in [-0.05, 0) is 0 Å². The first-order valence-electron chi connectivity index (χ1n) is 7.17. The molecule has 1 aliphatic carbocycles. The van der Waals surface area contributed by atoms with Gasteiger partial charge in [-0.1, -0.05) is 0 Å². The van der Waals surface area contributed by atoms with Crippen LogP contribution < -0.4 is 0 Å². The Morgan fingerprint density at radius 2 is 2.14 bits per heavy atom. The van der Waals surface area contributed by atoms with E-state index in [0.29, 0.717) is 29.9 Å². The molecule has 5 nitrogen and oxygen atoms in total. The van der Waals surface area contributed by atoms with E-state index in [1.165, 1.54) is 0 Å².